The Bertz CT molecular complexity index is 226. The second kappa shape index (κ2) is 4.25. The third-order valence-corrected chi connectivity index (χ3v) is 2.45. The Balaban J connectivity index is 2.54. The quantitative estimate of drug-likeness (QED) is 0.684. The molecule has 0 spiro atoms. The van der Waals surface area contributed by atoms with Crippen LogP contribution in [0.15, 0.2) is 0 Å². The Hall–Kier alpha value is -1.06. The fraction of sp³-hybridized carbons (Fsp3) is 0.778. The van der Waals surface area contributed by atoms with Crippen LogP contribution in [0, 0.1) is 5.92 Å². The van der Waals surface area contributed by atoms with Gasteiger partial charge in [-0.1, -0.05) is 12.8 Å². The van der Waals surface area contributed by atoms with E-state index < -0.39 is 24.8 Å². The third-order valence-electron chi connectivity index (χ3n) is 2.45. The van der Waals surface area contributed by atoms with E-state index >= 15 is 0 Å². The van der Waals surface area contributed by atoms with Gasteiger partial charge in [0.05, 0.1) is 0 Å². The molecule has 1 aliphatic rings. The molecule has 0 heterocycles. The summed E-state index contributed by atoms with van der Waals surface area (Å²) in [6.45, 7) is -0.406. The average molecular weight is 186 g/mol. The third kappa shape index (κ3) is 2.72. The van der Waals surface area contributed by atoms with Crippen molar-refractivity contribution >= 4 is 11.9 Å². The smallest absolute Gasteiger partial charge is 0.326 e. The van der Waals surface area contributed by atoms with Gasteiger partial charge in [0.15, 0.2) is 0 Å². The molecular formula is C9H15NO3. The van der Waals surface area contributed by atoms with Crippen molar-refractivity contribution in [3.63, 3.8) is 0 Å². The fourth-order valence-corrected chi connectivity index (χ4v) is 1.85. The topological polar surface area (TPSA) is 66.4 Å². The van der Waals surface area contributed by atoms with E-state index in [0.29, 0.717) is 0 Å². The van der Waals surface area contributed by atoms with Gasteiger partial charge in [0, 0.05) is 8.27 Å². The number of carboxylic acid groups (broad SMARTS) is 1. The Morgan fingerprint density at radius 1 is 1.54 bits per heavy atom. The van der Waals surface area contributed by atoms with E-state index in [1.807, 2.05) is 0 Å². The van der Waals surface area contributed by atoms with Crippen molar-refractivity contribution in [3.8, 4) is 0 Å². The van der Waals surface area contributed by atoms with E-state index in [2.05, 4.69) is 5.32 Å². The lowest BCUT2D eigenvalue weighted by Gasteiger charge is -2.19. The molecule has 0 radical (unpaired) electrons. The maximum atomic E-state index is 10.9. The highest BCUT2D eigenvalue weighted by Gasteiger charge is 2.30. The van der Waals surface area contributed by atoms with E-state index in [4.69, 9.17) is 6.48 Å². The average Bonchev–Trinajstić information content (AvgIpc) is 2.65. The minimum absolute atomic E-state index is 0.0444. The molecule has 1 atom stereocenters. The van der Waals surface area contributed by atoms with Gasteiger partial charge in [-0.25, -0.2) is 4.79 Å². The molecule has 1 fully saturated rings. The second-order valence-electron chi connectivity index (χ2n) is 3.43. The SMILES string of the molecule is [2H]CC(=O)NC(C(=O)O)C1CCCC1. The first-order valence-electron chi connectivity index (χ1n) is 5.17. The van der Waals surface area contributed by atoms with E-state index in [1.165, 1.54) is 0 Å². The van der Waals surface area contributed by atoms with Gasteiger partial charge in [0.1, 0.15) is 6.04 Å². The van der Waals surface area contributed by atoms with Crippen molar-refractivity contribution in [2.75, 3.05) is 0 Å². The van der Waals surface area contributed by atoms with Crippen LogP contribution in [-0.4, -0.2) is 23.0 Å². The van der Waals surface area contributed by atoms with Gasteiger partial charge in [0.25, 0.3) is 0 Å². The number of amides is 1. The molecule has 1 amide bonds. The molecule has 1 unspecified atom stereocenters. The number of carbonyl (C=O) groups is 2. The number of hydrogen-bond donors (Lipinski definition) is 2. The monoisotopic (exact) mass is 186 g/mol. The molecule has 13 heavy (non-hydrogen) atoms. The fourth-order valence-electron chi connectivity index (χ4n) is 1.85. The Morgan fingerprint density at radius 3 is 2.62 bits per heavy atom. The number of carboxylic acids is 1. The lowest BCUT2D eigenvalue weighted by atomic mass is 9.98. The number of aliphatic carboxylic acids is 1. The molecule has 1 saturated carbocycles. The zero-order chi connectivity index (χ0) is 10.6. The van der Waals surface area contributed by atoms with Crippen LogP contribution < -0.4 is 5.32 Å². The maximum Gasteiger partial charge on any atom is 0.326 e. The highest BCUT2D eigenvalue weighted by molar-refractivity contribution is 5.82. The zero-order valence-corrected chi connectivity index (χ0v) is 7.45. The summed E-state index contributed by atoms with van der Waals surface area (Å²) < 4.78 is 6.81. The Morgan fingerprint density at radius 2 is 2.15 bits per heavy atom. The van der Waals surface area contributed by atoms with Gasteiger partial charge in [-0.3, -0.25) is 4.79 Å². The molecule has 0 aromatic carbocycles. The van der Waals surface area contributed by atoms with Gasteiger partial charge in [-0.15, -0.1) is 0 Å². The molecule has 1 aliphatic carbocycles. The van der Waals surface area contributed by atoms with Crippen molar-refractivity contribution in [2.24, 2.45) is 5.92 Å². The van der Waals surface area contributed by atoms with Gasteiger partial charge in [-0.05, 0) is 18.8 Å². The lowest BCUT2D eigenvalue weighted by Crippen LogP contribution is -2.44. The normalized spacial score (nSPS) is 20.8. The number of hydrogen-bond acceptors (Lipinski definition) is 2. The highest BCUT2D eigenvalue weighted by Crippen LogP contribution is 2.27. The molecule has 4 nitrogen and oxygen atoms in total. The minimum Gasteiger partial charge on any atom is -0.480 e. The van der Waals surface area contributed by atoms with Crippen LogP contribution in [0.2, 0.25) is 0 Å². The van der Waals surface area contributed by atoms with Gasteiger partial charge in [-0.2, -0.15) is 0 Å². The first kappa shape index (κ1) is 8.53. The number of nitrogens with one attached hydrogen (secondary N) is 1. The van der Waals surface area contributed by atoms with Crippen LogP contribution in [0.3, 0.4) is 0 Å². The molecule has 74 valence electrons. The van der Waals surface area contributed by atoms with Crippen molar-refractivity contribution < 1.29 is 16.1 Å². The second-order valence-corrected chi connectivity index (χ2v) is 3.43. The molecule has 0 aliphatic heterocycles. The van der Waals surface area contributed by atoms with E-state index in [0.717, 1.165) is 25.7 Å². The maximum absolute atomic E-state index is 10.9. The van der Waals surface area contributed by atoms with Gasteiger partial charge in [0.2, 0.25) is 5.91 Å². The van der Waals surface area contributed by atoms with Crippen LogP contribution in [0.4, 0.5) is 0 Å². The standard InChI is InChI=1S/C9H15NO3/c1-6(11)10-8(9(12)13)7-4-2-3-5-7/h7-8H,2-5H2,1H3,(H,10,11)(H,12,13)/i1D. The van der Waals surface area contributed by atoms with Crippen molar-refractivity contribution in [3.05, 3.63) is 0 Å². The Labute approximate surface area is 78.7 Å². The Kier molecular flexibility index (Phi) is 2.79. The number of carbonyl (C=O) groups excluding carboxylic acids is 1. The number of rotatable bonds is 3. The molecular weight excluding hydrogens is 170 g/mol. The van der Waals surface area contributed by atoms with Gasteiger partial charge < -0.3 is 10.4 Å². The first-order valence-corrected chi connectivity index (χ1v) is 4.46. The predicted molar refractivity (Wildman–Crippen MR) is 47.2 cm³/mol. The van der Waals surface area contributed by atoms with Crippen LogP contribution in [0.5, 0.6) is 0 Å². The summed E-state index contributed by atoms with van der Waals surface area (Å²) in [4.78, 5) is 21.8. The van der Waals surface area contributed by atoms with Crippen molar-refractivity contribution in [2.45, 2.75) is 38.6 Å². The van der Waals surface area contributed by atoms with E-state index in [9.17, 15) is 9.59 Å². The summed E-state index contributed by atoms with van der Waals surface area (Å²) in [5.74, 6) is -1.45. The highest BCUT2D eigenvalue weighted by atomic mass is 16.4. The molecule has 0 saturated heterocycles. The molecule has 4 heteroatoms. The zero-order valence-electron chi connectivity index (χ0n) is 8.45. The minimum atomic E-state index is -0.987. The summed E-state index contributed by atoms with van der Waals surface area (Å²) in [5, 5.41) is 11.3. The largest absolute Gasteiger partial charge is 0.480 e. The summed E-state index contributed by atoms with van der Waals surface area (Å²) in [6, 6.07) is -0.796. The van der Waals surface area contributed by atoms with Crippen LogP contribution in [-0.2, 0) is 9.59 Å². The molecule has 1 rings (SSSR count). The lowest BCUT2D eigenvalue weighted by molar-refractivity contribution is -0.143. The summed E-state index contributed by atoms with van der Waals surface area (Å²) in [7, 11) is 0. The van der Waals surface area contributed by atoms with Crippen LogP contribution in [0.1, 0.15) is 34.0 Å². The van der Waals surface area contributed by atoms with Crippen molar-refractivity contribution in [1.82, 2.24) is 5.32 Å². The molecule has 0 aromatic rings. The molecule has 2 N–H and O–H groups in total. The van der Waals surface area contributed by atoms with Gasteiger partial charge >= 0.3 is 5.97 Å². The van der Waals surface area contributed by atoms with Crippen LogP contribution in [0.25, 0.3) is 0 Å². The summed E-state index contributed by atoms with van der Waals surface area (Å²) >= 11 is 0. The molecule has 0 aromatic heterocycles. The predicted octanol–water partition coefficient (Wildman–Crippen LogP) is 0.766. The summed E-state index contributed by atoms with van der Waals surface area (Å²) in [6.07, 6.45) is 3.78. The summed E-state index contributed by atoms with van der Waals surface area (Å²) in [5.41, 5.74) is 0. The van der Waals surface area contributed by atoms with E-state index in [-0.39, 0.29) is 5.92 Å². The first-order chi connectivity index (χ1) is 6.65. The van der Waals surface area contributed by atoms with Crippen LogP contribution >= 0.6 is 0 Å². The molecule has 0 bridgehead atoms. The van der Waals surface area contributed by atoms with Crippen molar-refractivity contribution in [1.29, 1.82) is 0 Å². The van der Waals surface area contributed by atoms with E-state index in [1.54, 1.807) is 0 Å².